The van der Waals surface area contributed by atoms with Crippen molar-refractivity contribution in [3.63, 3.8) is 0 Å². The first-order valence-electron chi connectivity index (χ1n) is 5.08. The third kappa shape index (κ3) is 4.10. The van der Waals surface area contributed by atoms with Crippen LogP contribution in [0.3, 0.4) is 0 Å². The predicted octanol–water partition coefficient (Wildman–Crippen LogP) is 2.22. The largest absolute Gasteiger partial charge is 0.493 e. The Hall–Kier alpha value is -2.10. The first-order chi connectivity index (χ1) is 8.02. The zero-order valence-electron chi connectivity index (χ0n) is 10.0. The van der Waals surface area contributed by atoms with Gasteiger partial charge in [-0.25, -0.2) is 0 Å². The molecule has 0 aromatic heterocycles. The Morgan fingerprint density at radius 2 is 1.88 bits per heavy atom. The van der Waals surface area contributed by atoms with E-state index in [9.17, 15) is 9.59 Å². The topological polar surface area (TPSA) is 52.6 Å². The van der Waals surface area contributed by atoms with Gasteiger partial charge >= 0.3 is 5.97 Å². The SMILES string of the molecule is COc1ccc(/C=C/C(C)=O)cc1OC(C)=O. The first kappa shape index (κ1) is 13.0. The van der Waals surface area contributed by atoms with Gasteiger partial charge in [-0.2, -0.15) is 0 Å². The molecule has 0 saturated heterocycles. The summed E-state index contributed by atoms with van der Waals surface area (Å²) in [6.45, 7) is 2.78. The van der Waals surface area contributed by atoms with Crippen molar-refractivity contribution in [3.8, 4) is 11.5 Å². The summed E-state index contributed by atoms with van der Waals surface area (Å²) in [5.41, 5.74) is 0.761. The van der Waals surface area contributed by atoms with Crippen LogP contribution in [-0.4, -0.2) is 18.9 Å². The number of carbonyl (C=O) groups excluding carboxylic acids is 2. The number of rotatable bonds is 4. The maximum atomic E-state index is 10.9. The lowest BCUT2D eigenvalue weighted by molar-refractivity contribution is -0.132. The molecule has 0 unspecified atom stereocenters. The van der Waals surface area contributed by atoms with Gasteiger partial charge in [0.25, 0.3) is 0 Å². The summed E-state index contributed by atoms with van der Waals surface area (Å²) in [4.78, 5) is 21.7. The van der Waals surface area contributed by atoms with Gasteiger partial charge < -0.3 is 9.47 Å². The van der Waals surface area contributed by atoms with Crippen molar-refractivity contribution in [2.75, 3.05) is 7.11 Å². The van der Waals surface area contributed by atoms with Crippen LogP contribution in [0, 0.1) is 0 Å². The van der Waals surface area contributed by atoms with Gasteiger partial charge in [0.2, 0.25) is 0 Å². The molecule has 90 valence electrons. The predicted molar refractivity (Wildman–Crippen MR) is 64.0 cm³/mol. The van der Waals surface area contributed by atoms with Gasteiger partial charge in [0.1, 0.15) is 0 Å². The highest BCUT2D eigenvalue weighted by Gasteiger charge is 2.07. The molecule has 0 heterocycles. The summed E-state index contributed by atoms with van der Waals surface area (Å²) in [5, 5.41) is 0. The van der Waals surface area contributed by atoms with Crippen molar-refractivity contribution in [1.82, 2.24) is 0 Å². The van der Waals surface area contributed by atoms with Gasteiger partial charge in [0.15, 0.2) is 17.3 Å². The Morgan fingerprint density at radius 3 is 2.41 bits per heavy atom. The fraction of sp³-hybridized carbons (Fsp3) is 0.231. The first-order valence-corrected chi connectivity index (χ1v) is 5.08. The minimum Gasteiger partial charge on any atom is -0.493 e. The van der Waals surface area contributed by atoms with Crippen LogP contribution in [0.2, 0.25) is 0 Å². The zero-order valence-corrected chi connectivity index (χ0v) is 10.0. The molecule has 0 amide bonds. The summed E-state index contributed by atoms with van der Waals surface area (Å²) < 4.78 is 10.1. The summed E-state index contributed by atoms with van der Waals surface area (Å²) in [5.74, 6) is 0.344. The lowest BCUT2D eigenvalue weighted by Gasteiger charge is -2.08. The molecule has 1 rings (SSSR count). The van der Waals surface area contributed by atoms with Crippen molar-refractivity contribution < 1.29 is 19.1 Å². The van der Waals surface area contributed by atoms with Gasteiger partial charge in [-0.05, 0) is 30.7 Å². The highest BCUT2D eigenvalue weighted by Crippen LogP contribution is 2.28. The molecule has 0 aliphatic rings. The third-order valence-electron chi connectivity index (χ3n) is 1.95. The number of hydrogen-bond acceptors (Lipinski definition) is 4. The van der Waals surface area contributed by atoms with Crippen LogP contribution < -0.4 is 9.47 Å². The van der Waals surface area contributed by atoms with Crippen LogP contribution in [-0.2, 0) is 9.59 Å². The molecule has 4 nitrogen and oxygen atoms in total. The monoisotopic (exact) mass is 234 g/mol. The molecule has 0 spiro atoms. The molecule has 1 aromatic rings. The van der Waals surface area contributed by atoms with Gasteiger partial charge in [-0.15, -0.1) is 0 Å². The molecule has 0 bridgehead atoms. The van der Waals surface area contributed by atoms with E-state index in [1.54, 1.807) is 24.3 Å². The van der Waals surface area contributed by atoms with E-state index in [2.05, 4.69) is 0 Å². The van der Waals surface area contributed by atoms with E-state index in [1.165, 1.54) is 27.0 Å². The molecule has 0 N–H and O–H groups in total. The number of esters is 1. The number of hydrogen-bond donors (Lipinski definition) is 0. The Bertz CT molecular complexity index is 460. The summed E-state index contributed by atoms with van der Waals surface area (Å²) in [7, 11) is 1.49. The number of ether oxygens (including phenoxy) is 2. The Morgan fingerprint density at radius 1 is 1.18 bits per heavy atom. The lowest BCUT2D eigenvalue weighted by Crippen LogP contribution is -2.03. The smallest absolute Gasteiger partial charge is 0.308 e. The minimum absolute atomic E-state index is 0.0464. The summed E-state index contributed by atoms with van der Waals surface area (Å²) >= 11 is 0. The second kappa shape index (κ2) is 5.84. The molecular formula is C13H14O4. The molecule has 0 aliphatic carbocycles. The standard InChI is InChI=1S/C13H14O4/c1-9(14)4-5-11-6-7-12(16-3)13(8-11)17-10(2)15/h4-8H,1-3H3/b5-4+. The maximum Gasteiger partial charge on any atom is 0.308 e. The fourth-order valence-corrected chi connectivity index (χ4v) is 1.25. The molecular weight excluding hydrogens is 220 g/mol. The molecule has 0 atom stereocenters. The Labute approximate surface area is 99.8 Å². The van der Waals surface area contributed by atoms with Crippen molar-refractivity contribution in [2.24, 2.45) is 0 Å². The van der Waals surface area contributed by atoms with Crippen LogP contribution >= 0.6 is 0 Å². The van der Waals surface area contributed by atoms with Crippen LogP contribution in [0.1, 0.15) is 19.4 Å². The van der Waals surface area contributed by atoms with Gasteiger partial charge in [-0.1, -0.05) is 12.1 Å². The quantitative estimate of drug-likeness (QED) is 0.455. The Kier molecular flexibility index (Phi) is 4.46. The normalized spacial score (nSPS) is 10.3. The fourth-order valence-electron chi connectivity index (χ4n) is 1.25. The highest BCUT2D eigenvalue weighted by atomic mass is 16.6. The third-order valence-corrected chi connectivity index (χ3v) is 1.95. The average molecular weight is 234 g/mol. The summed E-state index contributed by atoms with van der Waals surface area (Å²) in [6.07, 6.45) is 3.09. The molecule has 0 fully saturated rings. The molecule has 0 radical (unpaired) electrons. The molecule has 1 aromatic carbocycles. The molecule has 4 heteroatoms. The van der Waals surface area contributed by atoms with Crippen molar-refractivity contribution in [2.45, 2.75) is 13.8 Å². The van der Waals surface area contributed by atoms with Gasteiger partial charge in [-0.3, -0.25) is 9.59 Å². The second-order valence-corrected chi connectivity index (χ2v) is 3.45. The zero-order chi connectivity index (χ0) is 12.8. The van der Waals surface area contributed by atoms with E-state index in [1.807, 2.05) is 0 Å². The van der Waals surface area contributed by atoms with Gasteiger partial charge in [0.05, 0.1) is 7.11 Å². The minimum atomic E-state index is -0.420. The van der Waals surface area contributed by atoms with E-state index in [4.69, 9.17) is 9.47 Å². The van der Waals surface area contributed by atoms with Crippen LogP contribution in [0.4, 0.5) is 0 Å². The maximum absolute atomic E-state index is 10.9. The van der Waals surface area contributed by atoms with Crippen molar-refractivity contribution in [1.29, 1.82) is 0 Å². The van der Waals surface area contributed by atoms with Gasteiger partial charge in [0, 0.05) is 6.92 Å². The van der Waals surface area contributed by atoms with E-state index in [0.29, 0.717) is 11.5 Å². The van der Waals surface area contributed by atoms with Crippen molar-refractivity contribution in [3.05, 3.63) is 29.8 Å². The Balaban J connectivity index is 3.03. The molecule has 0 saturated carbocycles. The lowest BCUT2D eigenvalue weighted by atomic mass is 10.2. The van der Waals surface area contributed by atoms with E-state index in [0.717, 1.165) is 5.56 Å². The number of benzene rings is 1. The molecule has 17 heavy (non-hydrogen) atoms. The average Bonchev–Trinajstić information content (AvgIpc) is 2.25. The van der Waals surface area contributed by atoms with Crippen LogP contribution in [0.15, 0.2) is 24.3 Å². The molecule has 0 aliphatic heterocycles. The number of ketones is 1. The van der Waals surface area contributed by atoms with E-state index >= 15 is 0 Å². The number of allylic oxidation sites excluding steroid dienone is 1. The van der Waals surface area contributed by atoms with Crippen molar-refractivity contribution >= 4 is 17.8 Å². The van der Waals surface area contributed by atoms with E-state index < -0.39 is 5.97 Å². The summed E-state index contributed by atoms with van der Waals surface area (Å²) in [6, 6.07) is 5.09. The number of methoxy groups -OCH3 is 1. The van der Waals surface area contributed by atoms with Crippen LogP contribution in [0.5, 0.6) is 11.5 Å². The van der Waals surface area contributed by atoms with E-state index in [-0.39, 0.29) is 5.78 Å². The van der Waals surface area contributed by atoms with Crippen LogP contribution in [0.25, 0.3) is 6.08 Å². The number of carbonyl (C=O) groups is 2. The second-order valence-electron chi connectivity index (χ2n) is 3.45. The highest BCUT2D eigenvalue weighted by molar-refractivity contribution is 5.91.